The summed E-state index contributed by atoms with van der Waals surface area (Å²) < 4.78 is 0. The molecular formula is C10H19N3O3. The van der Waals surface area contributed by atoms with Crippen molar-refractivity contribution in [2.45, 2.75) is 20.8 Å². The molecule has 6 nitrogen and oxygen atoms in total. The fourth-order valence-electron chi connectivity index (χ4n) is 0.872. The minimum absolute atomic E-state index is 0.168. The summed E-state index contributed by atoms with van der Waals surface area (Å²) in [5, 5.41) is 7.39. The maximum Gasteiger partial charge on any atom is 0.309 e. The van der Waals surface area contributed by atoms with Gasteiger partial charge in [-0.3, -0.25) is 14.4 Å². The molecule has 0 aromatic carbocycles. The largest absolute Gasteiger partial charge is 0.355 e. The van der Waals surface area contributed by atoms with E-state index >= 15 is 0 Å². The molecule has 0 radical (unpaired) electrons. The van der Waals surface area contributed by atoms with E-state index in [-0.39, 0.29) is 12.5 Å². The predicted molar refractivity (Wildman–Crippen MR) is 59.5 cm³/mol. The SMILES string of the molecule is CC(=O)NCCNC(=O)C(=O)NCC(C)C. The molecule has 0 spiro atoms. The Kier molecular flexibility index (Phi) is 6.91. The van der Waals surface area contributed by atoms with Gasteiger partial charge in [0.1, 0.15) is 0 Å². The number of carbonyl (C=O) groups excluding carboxylic acids is 3. The standard InChI is InChI=1S/C10H19N3O3/c1-7(2)6-13-10(16)9(15)12-5-4-11-8(3)14/h7H,4-6H2,1-3H3,(H,11,14)(H,12,15)(H,13,16). The molecule has 16 heavy (non-hydrogen) atoms. The first kappa shape index (κ1) is 14.4. The fourth-order valence-corrected chi connectivity index (χ4v) is 0.872. The van der Waals surface area contributed by atoms with E-state index in [0.717, 1.165) is 0 Å². The van der Waals surface area contributed by atoms with E-state index in [0.29, 0.717) is 19.0 Å². The maximum atomic E-state index is 11.2. The van der Waals surface area contributed by atoms with Crippen LogP contribution in [0.5, 0.6) is 0 Å². The van der Waals surface area contributed by atoms with Crippen LogP contribution < -0.4 is 16.0 Å². The second kappa shape index (κ2) is 7.67. The Morgan fingerprint density at radius 1 is 0.938 bits per heavy atom. The molecule has 0 aliphatic carbocycles. The molecule has 0 saturated heterocycles. The summed E-state index contributed by atoms with van der Waals surface area (Å²) >= 11 is 0. The van der Waals surface area contributed by atoms with Crippen LogP contribution in [0.25, 0.3) is 0 Å². The van der Waals surface area contributed by atoms with E-state index in [1.54, 1.807) is 0 Å². The quantitative estimate of drug-likeness (QED) is 0.418. The second-order valence-corrected chi connectivity index (χ2v) is 3.84. The molecule has 0 aliphatic heterocycles. The van der Waals surface area contributed by atoms with E-state index in [4.69, 9.17) is 0 Å². The molecule has 0 atom stereocenters. The van der Waals surface area contributed by atoms with Gasteiger partial charge in [0, 0.05) is 26.6 Å². The normalized spacial score (nSPS) is 9.75. The van der Waals surface area contributed by atoms with Crippen molar-refractivity contribution in [1.29, 1.82) is 0 Å². The lowest BCUT2D eigenvalue weighted by molar-refractivity contribution is -0.139. The Labute approximate surface area is 95.2 Å². The highest BCUT2D eigenvalue weighted by Gasteiger charge is 2.12. The molecule has 0 aromatic rings. The van der Waals surface area contributed by atoms with Gasteiger partial charge in [-0.05, 0) is 5.92 Å². The van der Waals surface area contributed by atoms with Crippen LogP contribution >= 0.6 is 0 Å². The van der Waals surface area contributed by atoms with Gasteiger partial charge in [-0.25, -0.2) is 0 Å². The van der Waals surface area contributed by atoms with E-state index in [1.165, 1.54) is 6.92 Å². The topological polar surface area (TPSA) is 87.3 Å². The van der Waals surface area contributed by atoms with Gasteiger partial charge < -0.3 is 16.0 Å². The molecule has 0 rings (SSSR count). The molecule has 3 amide bonds. The molecule has 0 aromatic heterocycles. The lowest BCUT2D eigenvalue weighted by atomic mass is 10.2. The summed E-state index contributed by atoms with van der Waals surface area (Å²) in [5.74, 6) is -1.18. The fraction of sp³-hybridized carbons (Fsp3) is 0.700. The number of rotatable bonds is 5. The highest BCUT2D eigenvalue weighted by molar-refractivity contribution is 6.35. The lowest BCUT2D eigenvalue weighted by Crippen LogP contribution is -2.43. The van der Waals surface area contributed by atoms with Crippen LogP contribution in [0.2, 0.25) is 0 Å². The summed E-state index contributed by atoms with van der Waals surface area (Å²) in [7, 11) is 0. The van der Waals surface area contributed by atoms with Crippen molar-refractivity contribution in [3.63, 3.8) is 0 Å². The summed E-state index contributed by atoms with van der Waals surface area (Å²) in [5.41, 5.74) is 0. The van der Waals surface area contributed by atoms with Crippen LogP contribution in [-0.4, -0.2) is 37.4 Å². The van der Waals surface area contributed by atoms with E-state index < -0.39 is 11.8 Å². The molecule has 0 aliphatic rings. The summed E-state index contributed by atoms with van der Waals surface area (Å²) in [6, 6.07) is 0. The highest BCUT2D eigenvalue weighted by Crippen LogP contribution is 1.86. The van der Waals surface area contributed by atoms with Gasteiger partial charge in [-0.1, -0.05) is 13.8 Å². The zero-order valence-corrected chi connectivity index (χ0v) is 9.92. The smallest absolute Gasteiger partial charge is 0.309 e. The average molecular weight is 229 g/mol. The average Bonchev–Trinajstić information content (AvgIpc) is 2.20. The van der Waals surface area contributed by atoms with Gasteiger partial charge in [0.2, 0.25) is 5.91 Å². The third-order valence-corrected chi connectivity index (χ3v) is 1.66. The van der Waals surface area contributed by atoms with Gasteiger partial charge in [0.05, 0.1) is 0 Å². The van der Waals surface area contributed by atoms with Crippen LogP contribution in [0.4, 0.5) is 0 Å². The molecular weight excluding hydrogens is 210 g/mol. The molecule has 0 saturated carbocycles. The number of nitrogens with one attached hydrogen (secondary N) is 3. The monoisotopic (exact) mass is 229 g/mol. The van der Waals surface area contributed by atoms with E-state index in [9.17, 15) is 14.4 Å². The van der Waals surface area contributed by atoms with Gasteiger partial charge >= 0.3 is 11.8 Å². The number of amides is 3. The Balaban J connectivity index is 3.63. The number of hydrogen-bond acceptors (Lipinski definition) is 3. The Morgan fingerprint density at radius 2 is 1.44 bits per heavy atom. The van der Waals surface area contributed by atoms with E-state index in [2.05, 4.69) is 16.0 Å². The number of hydrogen-bond donors (Lipinski definition) is 3. The van der Waals surface area contributed by atoms with Crippen LogP contribution in [-0.2, 0) is 14.4 Å². The summed E-state index contributed by atoms with van der Waals surface area (Å²) in [4.78, 5) is 32.8. The second-order valence-electron chi connectivity index (χ2n) is 3.84. The highest BCUT2D eigenvalue weighted by atomic mass is 16.2. The van der Waals surface area contributed by atoms with Crippen molar-refractivity contribution in [2.75, 3.05) is 19.6 Å². The molecule has 0 fully saturated rings. The molecule has 3 N–H and O–H groups in total. The van der Waals surface area contributed by atoms with Crippen molar-refractivity contribution >= 4 is 17.7 Å². The minimum atomic E-state index is -0.675. The Hall–Kier alpha value is -1.59. The zero-order chi connectivity index (χ0) is 12.6. The molecule has 6 heteroatoms. The predicted octanol–water partition coefficient (Wildman–Crippen LogP) is -0.989. The van der Waals surface area contributed by atoms with Crippen LogP contribution in [0, 0.1) is 5.92 Å². The first-order chi connectivity index (χ1) is 7.43. The first-order valence-corrected chi connectivity index (χ1v) is 5.24. The third-order valence-electron chi connectivity index (χ3n) is 1.66. The molecule has 92 valence electrons. The van der Waals surface area contributed by atoms with Crippen LogP contribution in [0.15, 0.2) is 0 Å². The Morgan fingerprint density at radius 3 is 1.94 bits per heavy atom. The summed E-state index contributed by atoms with van der Waals surface area (Å²) in [6.07, 6.45) is 0. The minimum Gasteiger partial charge on any atom is -0.355 e. The first-order valence-electron chi connectivity index (χ1n) is 5.24. The van der Waals surface area contributed by atoms with Gasteiger partial charge in [0.15, 0.2) is 0 Å². The lowest BCUT2D eigenvalue weighted by Gasteiger charge is -2.08. The van der Waals surface area contributed by atoms with Crippen molar-refractivity contribution in [3.8, 4) is 0 Å². The van der Waals surface area contributed by atoms with E-state index in [1.807, 2.05) is 13.8 Å². The van der Waals surface area contributed by atoms with Crippen molar-refractivity contribution in [2.24, 2.45) is 5.92 Å². The van der Waals surface area contributed by atoms with Crippen LogP contribution in [0.3, 0.4) is 0 Å². The molecule has 0 bridgehead atoms. The van der Waals surface area contributed by atoms with Gasteiger partial charge in [-0.2, -0.15) is 0 Å². The van der Waals surface area contributed by atoms with Crippen molar-refractivity contribution < 1.29 is 14.4 Å². The number of carbonyl (C=O) groups is 3. The Bertz CT molecular complexity index is 264. The maximum absolute atomic E-state index is 11.2. The molecule has 0 unspecified atom stereocenters. The van der Waals surface area contributed by atoms with Crippen molar-refractivity contribution in [3.05, 3.63) is 0 Å². The van der Waals surface area contributed by atoms with Gasteiger partial charge in [0.25, 0.3) is 0 Å². The zero-order valence-electron chi connectivity index (χ0n) is 9.92. The third kappa shape index (κ3) is 7.78. The molecule has 0 heterocycles. The van der Waals surface area contributed by atoms with Gasteiger partial charge in [-0.15, -0.1) is 0 Å². The summed E-state index contributed by atoms with van der Waals surface area (Å²) in [6.45, 7) is 6.30. The van der Waals surface area contributed by atoms with Crippen LogP contribution in [0.1, 0.15) is 20.8 Å². The van der Waals surface area contributed by atoms with Crippen molar-refractivity contribution in [1.82, 2.24) is 16.0 Å².